The number of anilines is 1. The zero-order chi connectivity index (χ0) is 27.1. The number of carbonyl (C=O) groups excluding carboxylic acids is 1. The van der Waals surface area contributed by atoms with E-state index in [-0.39, 0.29) is 16.3 Å². The highest BCUT2D eigenvalue weighted by Crippen LogP contribution is 2.44. The van der Waals surface area contributed by atoms with Gasteiger partial charge in [0.15, 0.2) is 5.03 Å². The van der Waals surface area contributed by atoms with Crippen molar-refractivity contribution in [3.63, 3.8) is 0 Å². The van der Waals surface area contributed by atoms with E-state index in [9.17, 15) is 18.5 Å². The molecule has 11 heteroatoms. The van der Waals surface area contributed by atoms with Crippen molar-refractivity contribution in [2.24, 2.45) is 10.9 Å². The minimum absolute atomic E-state index is 0.112. The highest BCUT2D eigenvalue weighted by molar-refractivity contribution is 7.82. The van der Waals surface area contributed by atoms with Crippen LogP contribution in [0.15, 0.2) is 35.4 Å². The van der Waals surface area contributed by atoms with Gasteiger partial charge in [-0.25, -0.2) is 23.2 Å². The largest absolute Gasteiger partial charge is 0.384 e. The Kier molecular flexibility index (Phi) is 7.24. The number of carbonyl (C=O) groups is 1. The van der Waals surface area contributed by atoms with Crippen LogP contribution in [0.3, 0.4) is 0 Å². The van der Waals surface area contributed by atoms with E-state index in [1.54, 1.807) is 13.8 Å². The topological polar surface area (TPSA) is 149 Å². The molecule has 2 heterocycles. The van der Waals surface area contributed by atoms with E-state index in [0.717, 1.165) is 49.2 Å². The van der Waals surface area contributed by atoms with Gasteiger partial charge in [-0.15, -0.1) is 0 Å². The zero-order valence-electron chi connectivity index (χ0n) is 21.5. The molecule has 198 valence electrons. The minimum Gasteiger partial charge on any atom is -0.384 e. The second kappa shape index (κ2) is 9.96. The molecule has 2 aliphatic carbocycles. The first kappa shape index (κ1) is 26.9. The smallest absolute Gasteiger partial charge is 0.316 e. The number of aromatic nitrogens is 3. The highest BCUT2D eigenvalue weighted by Gasteiger charge is 2.36. The summed E-state index contributed by atoms with van der Waals surface area (Å²) in [4.78, 5) is 16.1. The summed E-state index contributed by atoms with van der Waals surface area (Å²) in [5.74, 6) is -0.372. The molecule has 37 heavy (non-hydrogen) atoms. The first-order valence-electron chi connectivity index (χ1n) is 12.1. The maximum atomic E-state index is 12.9. The molecule has 9 nitrogen and oxygen atoms in total. The van der Waals surface area contributed by atoms with Gasteiger partial charge in [-0.1, -0.05) is 13.8 Å². The second-order valence-electron chi connectivity index (χ2n) is 10.6. The van der Waals surface area contributed by atoms with E-state index in [2.05, 4.69) is 24.3 Å². The lowest BCUT2D eigenvalue weighted by Crippen LogP contribution is -2.22. The van der Waals surface area contributed by atoms with E-state index in [1.165, 1.54) is 46.1 Å². The van der Waals surface area contributed by atoms with Gasteiger partial charge in [0, 0.05) is 17.2 Å². The molecule has 2 aliphatic rings. The van der Waals surface area contributed by atoms with E-state index in [1.807, 2.05) is 0 Å². The molecule has 1 unspecified atom stereocenters. The Morgan fingerprint density at radius 3 is 2.46 bits per heavy atom. The maximum Gasteiger partial charge on any atom is 0.316 e. The molecule has 1 aromatic carbocycles. The van der Waals surface area contributed by atoms with E-state index >= 15 is 0 Å². The summed E-state index contributed by atoms with van der Waals surface area (Å²) in [6, 6.07) is 6.59. The number of fused-ring (bicyclic) bond motifs is 2. The van der Waals surface area contributed by atoms with Crippen LogP contribution >= 0.6 is 0 Å². The average molecular weight is 529 g/mol. The van der Waals surface area contributed by atoms with Gasteiger partial charge in [0.05, 0.1) is 22.8 Å². The van der Waals surface area contributed by atoms with Crippen LogP contribution in [0.4, 0.5) is 14.9 Å². The van der Waals surface area contributed by atoms with E-state index in [4.69, 9.17) is 15.9 Å². The van der Waals surface area contributed by atoms with Gasteiger partial charge in [-0.05, 0) is 81.3 Å². The number of hydrogen-bond acceptors (Lipinski definition) is 5. The fraction of sp³-hybridized carbons (Fsp3) is 0.423. The van der Waals surface area contributed by atoms with Crippen molar-refractivity contribution in [1.29, 1.82) is 0 Å². The first-order valence-corrected chi connectivity index (χ1v) is 13.4. The van der Waals surface area contributed by atoms with Gasteiger partial charge in [0.1, 0.15) is 22.4 Å². The Hall–Kier alpha value is -3.15. The van der Waals surface area contributed by atoms with Crippen LogP contribution in [0.2, 0.25) is 0 Å². The molecule has 0 aliphatic heterocycles. The van der Waals surface area contributed by atoms with Gasteiger partial charge in [0.2, 0.25) is 0 Å². The summed E-state index contributed by atoms with van der Waals surface area (Å²) in [7, 11) is -1.75. The third kappa shape index (κ3) is 5.58. The summed E-state index contributed by atoms with van der Waals surface area (Å²) in [5.41, 5.74) is 10.9. The van der Waals surface area contributed by atoms with Gasteiger partial charge in [0.25, 0.3) is 0 Å². The van der Waals surface area contributed by atoms with Crippen LogP contribution in [0, 0.1) is 5.82 Å². The molecule has 0 fully saturated rings. The molecule has 2 amide bonds. The number of amides is 2. The summed E-state index contributed by atoms with van der Waals surface area (Å²) >= 11 is 0. The van der Waals surface area contributed by atoms with Crippen molar-refractivity contribution < 1.29 is 18.5 Å². The predicted octanol–water partition coefficient (Wildman–Crippen LogP) is 3.50. The third-order valence-corrected chi connectivity index (χ3v) is 7.42. The number of hydrogen-bond donors (Lipinski definition) is 4. The van der Waals surface area contributed by atoms with Crippen molar-refractivity contribution in [3.05, 3.63) is 64.4 Å². The van der Waals surface area contributed by atoms with Crippen LogP contribution in [0.5, 0.6) is 0 Å². The number of aliphatic hydroxyl groups is 1. The quantitative estimate of drug-likeness (QED) is 0.409. The summed E-state index contributed by atoms with van der Waals surface area (Å²) in [5, 5.41) is 22.5. The number of nitrogens with two attached hydrogens (primary N) is 2. The number of aryl methyl sites for hydroxylation is 1. The molecule has 6 N–H and O–H groups in total. The lowest BCUT2D eigenvalue weighted by molar-refractivity contribution is 0.0711. The molecule has 3 aromatic rings. The van der Waals surface area contributed by atoms with Crippen LogP contribution in [0.25, 0.3) is 5.69 Å². The fourth-order valence-corrected chi connectivity index (χ4v) is 5.32. The van der Waals surface area contributed by atoms with Gasteiger partial charge >= 0.3 is 6.03 Å². The standard InChI is InChI=1S/C14H19N3O.C12H14FN3O2S/c1-14(2)7-6-9-11(17-13(15)18)8-4-3-5-10(8)16-12(9)14;1-12(2,17)10-7-11(19(14)18)15-16(10)9-5-3-8(13)4-6-9/h3-7H2,1-2H3,(H3,15,16,17,18);3-7,17H,14H2,1-2H3. The lowest BCUT2D eigenvalue weighted by atomic mass is 9.90. The molecule has 0 radical (unpaired) electrons. The second-order valence-corrected chi connectivity index (χ2v) is 11.6. The van der Waals surface area contributed by atoms with Crippen molar-refractivity contribution in [2.45, 2.75) is 75.8 Å². The number of nitrogens with zero attached hydrogens (tertiary/aromatic N) is 3. The van der Waals surface area contributed by atoms with Crippen LogP contribution in [0.1, 0.15) is 68.7 Å². The number of urea groups is 1. The molecular weight excluding hydrogens is 495 g/mol. The lowest BCUT2D eigenvalue weighted by Gasteiger charge is -2.20. The molecule has 1 atom stereocenters. The molecular formula is C26H33FN6O3S. The number of primary amides is 1. The summed E-state index contributed by atoms with van der Waals surface area (Å²) < 4.78 is 25.6. The molecule has 0 saturated heterocycles. The number of nitrogens with one attached hydrogen (secondary N) is 1. The van der Waals surface area contributed by atoms with Gasteiger partial charge < -0.3 is 16.2 Å². The molecule has 5 rings (SSSR count). The maximum absolute atomic E-state index is 12.9. The van der Waals surface area contributed by atoms with Gasteiger partial charge in [-0.3, -0.25) is 4.98 Å². The SMILES string of the molecule is CC(C)(O)c1cc(S(N)=O)nn1-c1ccc(F)cc1.CC1(C)CCc2c1nc1c(c2NC(N)=O)CCC1. The monoisotopic (exact) mass is 528 g/mol. The van der Waals surface area contributed by atoms with E-state index < -0.39 is 22.6 Å². The normalized spacial score (nSPS) is 16.4. The van der Waals surface area contributed by atoms with Crippen molar-refractivity contribution in [2.75, 3.05) is 5.32 Å². The van der Waals surface area contributed by atoms with Crippen LogP contribution < -0.4 is 16.2 Å². The van der Waals surface area contributed by atoms with Crippen LogP contribution in [-0.2, 0) is 41.3 Å². The Labute approximate surface area is 218 Å². The van der Waals surface area contributed by atoms with Gasteiger partial charge in [-0.2, -0.15) is 5.10 Å². The molecule has 0 saturated carbocycles. The first-order chi connectivity index (χ1) is 17.3. The van der Waals surface area contributed by atoms with Crippen molar-refractivity contribution in [1.82, 2.24) is 14.8 Å². The van der Waals surface area contributed by atoms with Crippen molar-refractivity contribution in [3.8, 4) is 5.69 Å². The van der Waals surface area contributed by atoms with Crippen LogP contribution in [-0.4, -0.2) is 30.1 Å². The Balaban J connectivity index is 0.000000173. The Bertz CT molecular complexity index is 1360. The third-order valence-electron chi connectivity index (χ3n) is 6.81. The summed E-state index contributed by atoms with van der Waals surface area (Å²) in [6.45, 7) is 7.60. The van der Waals surface area contributed by atoms with E-state index in [0.29, 0.717) is 11.4 Å². The minimum atomic E-state index is -1.75. The highest BCUT2D eigenvalue weighted by atomic mass is 32.2. The number of halogens is 1. The zero-order valence-corrected chi connectivity index (χ0v) is 22.3. The molecule has 2 aromatic heterocycles. The molecule has 0 spiro atoms. The number of rotatable bonds is 4. The number of pyridine rings is 1. The Morgan fingerprint density at radius 1 is 1.19 bits per heavy atom. The fourth-order valence-electron chi connectivity index (χ4n) is 4.93. The Morgan fingerprint density at radius 2 is 1.86 bits per heavy atom. The average Bonchev–Trinajstić information content (AvgIpc) is 3.52. The van der Waals surface area contributed by atoms with Crippen molar-refractivity contribution >= 4 is 22.7 Å². The predicted molar refractivity (Wildman–Crippen MR) is 140 cm³/mol. The molecule has 0 bridgehead atoms. The number of benzene rings is 1. The summed E-state index contributed by atoms with van der Waals surface area (Å²) in [6.07, 6.45) is 5.22.